The highest BCUT2D eigenvalue weighted by Gasteiger charge is 2.04. The van der Waals surface area contributed by atoms with Gasteiger partial charge in [0.05, 0.1) is 10.8 Å². The van der Waals surface area contributed by atoms with Crippen LogP contribution < -0.4 is 10.6 Å². The van der Waals surface area contributed by atoms with Crippen molar-refractivity contribution in [1.82, 2.24) is 10.6 Å². The van der Waals surface area contributed by atoms with E-state index in [0.717, 1.165) is 28.4 Å². The maximum Gasteiger partial charge on any atom is 0.191 e. The highest BCUT2D eigenvalue weighted by atomic mass is 35.5. The normalized spacial score (nSPS) is 12.7. The van der Waals surface area contributed by atoms with Gasteiger partial charge in [0.15, 0.2) is 5.96 Å². The van der Waals surface area contributed by atoms with Crippen molar-refractivity contribution in [1.29, 1.82) is 0 Å². The summed E-state index contributed by atoms with van der Waals surface area (Å²) in [6, 6.07) is 17.3. The van der Waals surface area contributed by atoms with Crippen molar-refractivity contribution >= 4 is 28.4 Å². The molecule has 0 bridgehead atoms. The molecule has 4 nitrogen and oxygen atoms in total. The molecule has 0 saturated carbocycles. The van der Waals surface area contributed by atoms with E-state index in [1.807, 2.05) is 54.6 Å². The molecule has 2 aromatic carbocycles. The third kappa shape index (κ3) is 5.98. The second-order valence-corrected chi connectivity index (χ2v) is 7.11. The number of benzene rings is 2. The summed E-state index contributed by atoms with van der Waals surface area (Å²) in [5.41, 5.74) is 1.10. The SMILES string of the molecule is CN=C(NCCc1ccccc1Cl)NCCS(=O)c1ccccc1. The standard InChI is InChI=1S/C18H22ClN3OS/c1-20-18(21-12-11-15-7-5-6-10-17(15)19)22-13-14-24(23)16-8-3-2-4-9-16/h2-10H,11-14H2,1H3,(H2,20,21,22). The van der Waals surface area contributed by atoms with E-state index in [1.165, 1.54) is 0 Å². The number of hydrogen-bond donors (Lipinski definition) is 2. The first kappa shape index (κ1) is 18.5. The first-order valence-corrected chi connectivity index (χ1v) is 9.51. The molecule has 128 valence electrons. The zero-order chi connectivity index (χ0) is 17.2. The number of rotatable bonds is 7. The smallest absolute Gasteiger partial charge is 0.191 e. The highest BCUT2D eigenvalue weighted by molar-refractivity contribution is 7.85. The van der Waals surface area contributed by atoms with Gasteiger partial charge in [0.2, 0.25) is 0 Å². The minimum atomic E-state index is -1.00. The molecule has 1 unspecified atom stereocenters. The van der Waals surface area contributed by atoms with Gasteiger partial charge in [-0.3, -0.25) is 9.20 Å². The molecule has 2 N–H and O–H groups in total. The maximum absolute atomic E-state index is 12.1. The first-order valence-electron chi connectivity index (χ1n) is 7.82. The lowest BCUT2D eigenvalue weighted by molar-refractivity contribution is 0.681. The molecular weight excluding hydrogens is 342 g/mol. The quantitative estimate of drug-likeness (QED) is 0.587. The zero-order valence-corrected chi connectivity index (χ0v) is 15.2. The predicted octanol–water partition coefficient (Wildman–Crippen LogP) is 2.86. The Morgan fingerprint density at radius 2 is 1.71 bits per heavy atom. The van der Waals surface area contributed by atoms with Crippen molar-refractivity contribution < 1.29 is 4.21 Å². The number of halogens is 1. The summed E-state index contributed by atoms with van der Waals surface area (Å²) in [4.78, 5) is 5.02. The van der Waals surface area contributed by atoms with Gasteiger partial charge < -0.3 is 10.6 Å². The molecule has 6 heteroatoms. The van der Waals surface area contributed by atoms with Crippen LogP contribution in [0.5, 0.6) is 0 Å². The van der Waals surface area contributed by atoms with Crippen molar-refractivity contribution in [3.05, 3.63) is 65.2 Å². The molecule has 0 spiro atoms. The molecule has 2 rings (SSSR count). The summed E-state index contributed by atoms with van der Waals surface area (Å²) in [5, 5.41) is 7.20. The lowest BCUT2D eigenvalue weighted by Crippen LogP contribution is -2.40. The molecule has 0 radical (unpaired) electrons. The predicted molar refractivity (Wildman–Crippen MR) is 102 cm³/mol. The molecule has 2 aromatic rings. The van der Waals surface area contributed by atoms with E-state index in [0.29, 0.717) is 18.3 Å². The Kier molecular flexibility index (Phi) is 7.79. The summed E-state index contributed by atoms with van der Waals surface area (Å²) in [6.07, 6.45) is 0.816. The molecule has 0 saturated heterocycles. The number of nitrogens with zero attached hydrogens (tertiary/aromatic N) is 1. The molecule has 0 aliphatic heterocycles. The fourth-order valence-corrected chi connectivity index (χ4v) is 3.40. The lowest BCUT2D eigenvalue weighted by atomic mass is 10.1. The number of nitrogens with one attached hydrogen (secondary N) is 2. The van der Waals surface area contributed by atoms with Gasteiger partial charge in [-0.1, -0.05) is 48.0 Å². The Hall–Kier alpha value is -1.85. The molecule has 0 amide bonds. The molecule has 24 heavy (non-hydrogen) atoms. The van der Waals surface area contributed by atoms with E-state index < -0.39 is 10.8 Å². The average molecular weight is 364 g/mol. The van der Waals surface area contributed by atoms with Crippen LogP contribution in [0.15, 0.2) is 64.5 Å². The molecule has 1 atom stereocenters. The summed E-state index contributed by atoms with van der Waals surface area (Å²) in [5.74, 6) is 1.24. The third-order valence-electron chi connectivity index (χ3n) is 3.45. The Balaban J connectivity index is 1.71. The minimum Gasteiger partial charge on any atom is -0.356 e. The van der Waals surface area contributed by atoms with E-state index >= 15 is 0 Å². The molecule has 0 aliphatic rings. The molecule has 0 heterocycles. The fourth-order valence-electron chi connectivity index (χ4n) is 2.19. The Morgan fingerprint density at radius 1 is 1.04 bits per heavy atom. The van der Waals surface area contributed by atoms with Crippen molar-refractivity contribution in [2.75, 3.05) is 25.9 Å². The second-order valence-electron chi connectivity index (χ2n) is 5.13. The van der Waals surface area contributed by atoms with E-state index in [-0.39, 0.29) is 0 Å². The molecule has 0 aliphatic carbocycles. The number of hydrogen-bond acceptors (Lipinski definition) is 2. The summed E-state index contributed by atoms with van der Waals surface area (Å²) in [6.45, 7) is 1.32. The monoisotopic (exact) mass is 363 g/mol. The van der Waals surface area contributed by atoms with Gasteiger partial charge >= 0.3 is 0 Å². The minimum absolute atomic E-state index is 0.537. The number of aliphatic imine (C=N–C) groups is 1. The summed E-state index contributed by atoms with van der Waals surface area (Å²) in [7, 11) is 0.718. The van der Waals surface area contributed by atoms with Crippen LogP contribution in [0.25, 0.3) is 0 Å². The van der Waals surface area contributed by atoms with Crippen molar-refractivity contribution in [2.45, 2.75) is 11.3 Å². The van der Waals surface area contributed by atoms with Crippen LogP contribution in [0, 0.1) is 0 Å². The first-order chi connectivity index (χ1) is 11.7. The van der Waals surface area contributed by atoms with Crippen LogP contribution in [-0.4, -0.2) is 36.1 Å². The van der Waals surface area contributed by atoms with Gasteiger partial charge in [-0.25, -0.2) is 0 Å². The van der Waals surface area contributed by atoms with Crippen LogP contribution in [-0.2, 0) is 17.2 Å². The van der Waals surface area contributed by atoms with Gasteiger partial charge in [0.25, 0.3) is 0 Å². The maximum atomic E-state index is 12.1. The second kappa shape index (κ2) is 10.1. The average Bonchev–Trinajstić information content (AvgIpc) is 2.62. The van der Waals surface area contributed by atoms with Crippen LogP contribution in [0.2, 0.25) is 5.02 Å². The molecule has 0 aromatic heterocycles. The Bertz CT molecular complexity index is 692. The fraction of sp³-hybridized carbons (Fsp3) is 0.278. The van der Waals surface area contributed by atoms with E-state index in [9.17, 15) is 4.21 Å². The van der Waals surface area contributed by atoms with Crippen LogP contribution in [0.3, 0.4) is 0 Å². The van der Waals surface area contributed by atoms with Crippen LogP contribution >= 0.6 is 11.6 Å². The zero-order valence-electron chi connectivity index (χ0n) is 13.7. The van der Waals surface area contributed by atoms with E-state index in [4.69, 9.17) is 11.6 Å². The van der Waals surface area contributed by atoms with Crippen LogP contribution in [0.4, 0.5) is 0 Å². The van der Waals surface area contributed by atoms with Gasteiger partial charge in [-0.05, 0) is 30.2 Å². The summed E-state index contributed by atoms with van der Waals surface area (Å²) >= 11 is 6.14. The Labute approximate surface area is 150 Å². The van der Waals surface area contributed by atoms with Crippen molar-refractivity contribution in [3.63, 3.8) is 0 Å². The van der Waals surface area contributed by atoms with Gasteiger partial charge in [-0.2, -0.15) is 0 Å². The Morgan fingerprint density at radius 3 is 2.42 bits per heavy atom. The third-order valence-corrected chi connectivity index (χ3v) is 5.20. The topological polar surface area (TPSA) is 53.5 Å². The van der Waals surface area contributed by atoms with Gasteiger partial charge in [0, 0.05) is 35.8 Å². The molecule has 0 fully saturated rings. The highest BCUT2D eigenvalue weighted by Crippen LogP contribution is 2.14. The number of guanidine groups is 1. The lowest BCUT2D eigenvalue weighted by Gasteiger charge is -2.12. The van der Waals surface area contributed by atoms with Crippen LogP contribution in [0.1, 0.15) is 5.56 Å². The summed E-state index contributed by atoms with van der Waals surface area (Å²) < 4.78 is 12.1. The largest absolute Gasteiger partial charge is 0.356 e. The van der Waals surface area contributed by atoms with E-state index in [2.05, 4.69) is 15.6 Å². The van der Waals surface area contributed by atoms with Gasteiger partial charge in [0.1, 0.15) is 0 Å². The van der Waals surface area contributed by atoms with Crippen molar-refractivity contribution in [2.24, 2.45) is 4.99 Å². The van der Waals surface area contributed by atoms with E-state index in [1.54, 1.807) is 7.05 Å². The van der Waals surface area contributed by atoms with Crippen molar-refractivity contribution in [3.8, 4) is 0 Å². The molecular formula is C18H22ClN3OS. The van der Waals surface area contributed by atoms with Gasteiger partial charge in [-0.15, -0.1) is 0 Å².